The van der Waals surface area contributed by atoms with Crippen LogP contribution in [0, 0.1) is 0 Å². The molecule has 1 aromatic carbocycles. The Kier molecular flexibility index (Phi) is 7.54. The molecular formula is C17H27N3O3. The van der Waals surface area contributed by atoms with Crippen LogP contribution in [-0.2, 0) is 9.53 Å². The molecule has 0 saturated heterocycles. The number of ether oxygens (including phenoxy) is 1. The van der Waals surface area contributed by atoms with Gasteiger partial charge in [-0.05, 0) is 45.4 Å². The second-order valence-electron chi connectivity index (χ2n) is 6.33. The van der Waals surface area contributed by atoms with E-state index in [0.29, 0.717) is 18.7 Å². The summed E-state index contributed by atoms with van der Waals surface area (Å²) in [5.74, 6) is -0.226. The average molecular weight is 321 g/mol. The van der Waals surface area contributed by atoms with E-state index >= 15 is 0 Å². The van der Waals surface area contributed by atoms with E-state index in [9.17, 15) is 9.59 Å². The monoisotopic (exact) mass is 321 g/mol. The minimum absolute atomic E-state index is 0.0920. The summed E-state index contributed by atoms with van der Waals surface area (Å²) in [6, 6.07) is 7.10. The third kappa shape index (κ3) is 8.21. The number of methoxy groups -OCH3 is 1. The number of hydrogen-bond donors (Lipinski definition) is 3. The van der Waals surface area contributed by atoms with Crippen LogP contribution >= 0.6 is 0 Å². The number of carbonyl (C=O) groups is 2. The van der Waals surface area contributed by atoms with Gasteiger partial charge in [-0.1, -0.05) is 6.07 Å². The van der Waals surface area contributed by atoms with Crippen molar-refractivity contribution in [1.82, 2.24) is 10.6 Å². The largest absolute Gasteiger partial charge is 0.385 e. The molecule has 1 aromatic rings. The predicted molar refractivity (Wildman–Crippen MR) is 91.7 cm³/mol. The van der Waals surface area contributed by atoms with Crippen LogP contribution in [0.25, 0.3) is 0 Å². The molecule has 0 unspecified atom stereocenters. The maximum Gasteiger partial charge on any atom is 0.251 e. The molecule has 0 aliphatic rings. The van der Waals surface area contributed by atoms with Gasteiger partial charge in [0.15, 0.2) is 0 Å². The fourth-order valence-corrected chi connectivity index (χ4v) is 1.87. The average Bonchev–Trinajstić information content (AvgIpc) is 2.48. The molecule has 2 amide bonds. The Morgan fingerprint density at radius 1 is 1.22 bits per heavy atom. The second kappa shape index (κ2) is 9.15. The van der Waals surface area contributed by atoms with Gasteiger partial charge < -0.3 is 20.7 Å². The highest BCUT2D eigenvalue weighted by Gasteiger charge is 2.15. The van der Waals surface area contributed by atoms with Gasteiger partial charge in [-0.25, -0.2) is 0 Å². The molecule has 0 heterocycles. The minimum Gasteiger partial charge on any atom is -0.385 e. The van der Waals surface area contributed by atoms with Gasteiger partial charge in [0.2, 0.25) is 5.91 Å². The normalized spacial score (nSPS) is 11.0. The Labute approximate surface area is 138 Å². The third-order valence-corrected chi connectivity index (χ3v) is 2.91. The zero-order chi connectivity index (χ0) is 17.3. The molecule has 3 N–H and O–H groups in total. The van der Waals surface area contributed by atoms with E-state index in [1.165, 1.54) is 0 Å². The van der Waals surface area contributed by atoms with Crippen LogP contribution in [-0.4, -0.2) is 44.2 Å². The number of benzene rings is 1. The summed E-state index contributed by atoms with van der Waals surface area (Å²) in [5, 5.41) is 8.73. The summed E-state index contributed by atoms with van der Waals surface area (Å²) in [4.78, 5) is 23.8. The summed E-state index contributed by atoms with van der Waals surface area (Å²) in [6.45, 7) is 7.17. The molecule has 1 rings (SSSR count). The van der Waals surface area contributed by atoms with Crippen molar-refractivity contribution < 1.29 is 14.3 Å². The van der Waals surface area contributed by atoms with Crippen molar-refractivity contribution in [3.63, 3.8) is 0 Å². The van der Waals surface area contributed by atoms with Gasteiger partial charge in [-0.15, -0.1) is 0 Å². The molecule has 0 aliphatic carbocycles. The van der Waals surface area contributed by atoms with Crippen LogP contribution in [0.5, 0.6) is 0 Å². The standard InChI is InChI=1S/C17H27N3O3/c1-17(2,3)20-16(22)13-7-5-8-14(11-13)19-12-15(21)18-9-6-10-23-4/h5,7-8,11,19H,6,9-10,12H2,1-4H3,(H,18,21)(H,20,22). The Balaban J connectivity index is 2.48. The summed E-state index contributed by atoms with van der Waals surface area (Å²) in [5.41, 5.74) is 1.01. The van der Waals surface area contributed by atoms with Crippen molar-refractivity contribution in [2.45, 2.75) is 32.7 Å². The minimum atomic E-state index is -0.289. The van der Waals surface area contributed by atoms with Crippen LogP contribution in [0.1, 0.15) is 37.6 Å². The van der Waals surface area contributed by atoms with Gasteiger partial charge in [-0.2, -0.15) is 0 Å². The molecule has 0 fully saturated rings. The number of rotatable bonds is 8. The van der Waals surface area contributed by atoms with E-state index < -0.39 is 0 Å². The van der Waals surface area contributed by atoms with Crippen LogP contribution in [0.2, 0.25) is 0 Å². The molecule has 0 aromatic heterocycles. The van der Waals surface area contributed by atoms with Gasteiger partial charge in [0.25, 0.3) is 5.91 Å². The van der Waals surface area contributed by atoms with Crippen LogP contribution in [0.3, 0.4) is 0 Å². The molecular weight excluding hydrogens is 294 g/mol. The maximum absolute atomic E-state index is 12.1. The van der Waals surface area contributed by atoms with Gasteiger partial charge in [-0.3, -0.25) is 9.59 Å². The number of nitrogens with one attached hydrogen (secondary N) is 3. The summed E-state index contributed by atoms with van der Waals surface area (Å²) in [6.07, 6.45) is 0.782. The van der Waals surface area contributed by atoms with E-state index in [-0.39, 0.29) is 23.9 Å². The van der Waals surface area contributed by atoms with E-state index in [1.54, 1.807) is 25.3 Å². The van der Waals surface area contributed by atoms with Crippen LogP contribution in [0.4, 0.5) is 5.69 Å². The lowest BCUT2D eigenvalue weighted by Crippen LogP contribution is -2.40. The smallest absolute Gasteiger partial charge is 0.251 e. The molecule has 128 valence electrons. The fourth-order valence-electron chi connectivity index (χ4n) is 1.87. The second-order valence-corrected chi connectivity index (χ2v) is 6.33. The number of hydrogen-bond acceptors (Lipinski definition) is 4. The molecule has 0 atom stereocenters. The Morgan fingerprint density at radius 2 is 1.96 bits per heavy atom. The highest BCUT2D eigenvalue weighted by molar-refractivity contribution is 5.95. The third-order valence-electron chi connectivity index (χ3n) is 2.91. The first-order valence-electron chi connectivity index (χ1n) is 7.74. The van der Waals surface area contributed by atoms with Crippen molar-refractivity contribution in [2.75, 3.05) is 32.1 Å². The molecule has 6 nitrogen and oxygen atoms in total. The van der Waals surface area contributed by atoms with Crippen molar-refractivity contribution in [3.8, 4) is 0 Å². The Morgan fingerprint density at radius 3 is 2.61 bits per heavy atom. The molecule has 0 bridgehead atoms. The first-order chi connectivity index (χ1) is 10.8. The maximum atomic E-state index is 12.1. The van der Waals surface area contributed by atoms with Gasteiger partial charge >= 0.3 is 0 Å². The predicted octanol–water partition coefficient (Wildman–Crippen LogP) is 1.78. The molecule has 6 heteroatoms. The van der Waals surface area contributed by atoms with E-state index in [0.717, 1.165) is 12.1 Å². The fraction of sp³-hybridized carbons (Fsp3) is 0.529. The lowest BCUT2D eigenvalue weighted by atomic mass is 10.1. The number of anilines is 1. The zero-order valence-corrected chi connectivity index (χ0v) is 14.4. The summed E-state index contributed by atoms with van der Waals surface area (Å²) < 4.78 is 4.92. The van der Waals surface area contributed by atoms with Crippen molar-refractivity contribution in [3.05, 3.63) is 29.8 Å². The lowest BCUT2D eigenvalue weighted by molar-refractivity contribution is -0.119. The van der Waals surface area contributed by atoms with E-state index in [1.807, 2.05) is 26.8 Å². The highest BCUT2D eigenvalue weighted by atomic mass is 16.5. The molecule has 0 spiro atoms. The quantitative estimate of drug-likeness (QED) is 0.638. The molecule has 0 aliphatic heterocycles. The van der Waals surface area contributed by atoms with Crippen molar-refractivity contribution >= 4 is 17.5 Å². The van der Waals surface area contributed by atoms with Crippen molar-refractivity contribution in [1.29, 1.82) is 0 Å². The Hall–Kier alpha value is -2.08. The SMILES string of the molecule is COCCCNC(=O)CNc1cccc(C(=O)NC(C)(C)C)c1. The molecule has 0 saturated carbocycles. The van der Waals surface area contributed by atoms with Crippen LogP contribution < -0.4 is 16.0 Å². The van der Waals surface area contributed by atoms with Crippen LogP contribution in [0.15, 0.2) is 24.3 Å². The van der Waals surface area contributed by atoms with Gasteiger partial charge in [0, 0.05) is 37.1 Å². The summed E-state index contributed by atoms with van der Waals surface area (Å²) in [7, 11) is 1.63. The van der Waals surface area contributed by atoms with Gasteiger partial charge in [0.1, 0.15) is 0 Å². The zero-order valence-electron chi connectivity index (χ0n) is 14.4. The Bertz CT molecular complexity index is 524. The van der Waals surface area contributed by atoms with Crippen molar-refractivity contribution in [2.24, 2.45) is 0 Å². The topological polar surface area (TPSA) is 79.5 Å². The lowest BCUT2D eigenvalue weighted by Gasteiger charge is -2.20. The molecule has 23 heavy (non-hydrogen) atoms. The highest BCUT2D eigenvalue weighted by Crippen LogP contribution is 2.11. The molecule has 0 radical (unpaired) electrons. The number of carbonyl (C=O) groups excluding carboxylic acids is 2. The number of amides is 2. The van der Waals surface area contributed by atoms with E-state index in [4.69, 9.17) is 4.74 Å². The van der Waals surface area contributed by atoms with E-state index in [2.05, 4.69) is 16.0 Å². The summed E-state index contributed by atoms with van der Waals surface area (Å²) >= 11 is 0. The first-order valence-corrected chi connectivity index (χ1v) is 7.74. The first kappa shape index (κ1) is 19.0. The van der Waals surface area contributed by atoms with Gasteiger partial charge in [0.05, 0.1) is 6.54 Å².